The fourth-order valence-corrected chi connectivity index (χ4v) is 1.32. The number of unbranched alkanes of at least 4 members (excludes halogenated alkanes) is 1. The lowest BCUT2D eigenvalue weighted by Gasteiger charge is -2.23. The van der Waals surface area contributed by atoms with Crippen molar-refractivity contribution in [3.05, 3.63) is 0 Å². The van der Waals surface area contributed by atoms with Crippen LogP contribution in [0, 0.1) is 5.92 Å². The Hall–Kier alpha value is -0.250. The standard InChI is InChI=1S/C9H17F3O/c1-3-5-6-7(4-2)8(13)9(10,11)12/h7-8,13H,3-6H2,1-2H3. The molecule has 0 aromatic carbocycles. The predicted molar refractivity (Wildman–Crippen MR) is 45.4 cm³/mol. The molecule has 0 aromatic heterocycles. The fraction of sp³-hybridized carbons (Fsp3) is 1.00. The first-order valence-electron chi connectivity index (χ1n) is 4.68. The Balaban J connectivity index is 4.07. The minimum atomic E-state index is -4.46. The van der Waals surface area contributed by atoms with Crippen molar-refractivity contribution < 1.29 is 18.3 Å². The second-order valence-corrected chi connectivity index (χ2v) is 3.30. The maximum absolute atomic E-state index is 12.1. The zero-order chi connectivity index (χ0) is 10.5. The summed E-state index contributed by atoms with van der Waals surface area (Å²) in [6, 6.07) is 0. The lowest BCUT2D eigenvalue weighted by molar-refractivity contribution is -0.220. The molecule has 0 saturated heterocycles. The Labute approximate surface area is 76.9 Å². The van der Waals surface area contributed by atoms with Crippen LogP contribution in [0.2, 0.25) is 0 Å². The third-order valence-electron chi connectivity index (χ3n) is 2.23. The summed E-state index contributed by atoms with van der Waals surface area (Å²) in [4.78, 5) is 0. The molecular formula is C9H17F3O. The molecule has 13 heavy (non-hydrogen) atoms. The van der Waals surface area contributed by atoms with Gasteiger partial charge in [-0.25, -0.2) is 0 Å². The van der Waals surface area contributed by atoms with E-state index < -0.39 is 18.2 Å². The van der Waals surface area contributed by atoms with Gasteiger partial charge in [0.2, 0.25) is 0 Å². The van der Waals surface area contributed by atoms with Crippen LogP contribution in [0.4, 0.5) is 13.2 Å². The minimum absolute atomic E-state index is 0.376. The Morgan fingerprint density at radius 1 is 1.23 bits per heavy atom. The molecule has 1 nitrogen and oxygen atoms in total. The van der Waals surface area contributed by atoms with E-state index in [1.807, 2.05) is 6.92 Å². The van der Waals surface area contributed by atoms with Gasteiger partial charge in [-0.2, -0.15) is 13.2 Å². The van der Waals surface area contributed by atoms with E-state index in [0.29, 0.717) is 12.8 Å². The topological polar surface area (TPSA) is 20.2 Å². The molecular weight excluding hydrogens is 181 g/mol. The maximum atomic E-state index is 12.1. The van der Waals surface area contributed by atoms with E-state index in [4.69, 9.17) is 5.11 Å². The summed E-state index contributed by atoms with van der Waals surface area (Å²) < 4.78 is 36.2. The zero-order valence-corrected chi connectivity index (χ0v) is 8.06. The van der Waals surface area contributed by atoms with Gasteiger partial charge in [0.05, 0.1) is 0 Å². The SMILES string of the molecule is CCCCC(CC)C(O)C(F)(F)F. The van der Waals surface area contributed by atoms with Gasteiger partial charge < -0.3 is 5.11 Å². The number of hydrogen-bond donors (Lipinski definition) is 1. The van der Waals surface area contributed by atoms with Crippen LogP contribution >= 0.6 is 0 Å². The number of alkyl halides is 3. The van der Waals surface area contributed by atoms with Crippen molar-refractivity contribution in [1.29, 1.82) is 0 Å². The van der Waals surface area contributed by atoms with Crippen LogP contribution in [-0.4, -0.2) is 17.4 Å². The van der Waals surface area contributed by atoms with Crippen molar-refractivity contribution in [2.45, 2.75) is 51.8 Å². The van der Waals surface area contributed by atoms with E-state index in [2.05, 4.69) is 0 Å². The molecule has 0 saturated carbocycles. The first-order valence-corrected chi connectivity index (χ1v) is 4.68. The highest BCUT2D eigenvalue weighted by atomic mass is 19.4. The third kappa shape index (κ3) is 4.50. The van der Waals surface area contributed by atoms with Gasteiger partial charge in [-0.05, 0) is 12.3 Å². The van der Waals surface area contributed by atoms with E-state index in [1.54, 1.807) is 6.92 Å². The second kappa shape index (κ2) is 5.47. The number of aliphatic hydroxyl groups is 1. The average molecular weight is 198 g/mol. The zero-order valence-electron chi connectivity index (χ0n) is 8.06. The Kier molecular flexibility index (Phi) is 5.37. The molecule has 0 aliphatic heterocycles. The summed E-state index contributed by atoms with van der Waals surface area (Å²) in [5.41, 5.74) is 0. The molecule has 0 amide bonds. The smallest absolute Gasteiger partial charge is 0.383 e. The number of hydrogen-bond acceptors (Lipinski definition) is 1. The molecule has 0 bridgehead atoms. The molecule has 0 aliphatic rings. The summed E-state index contributed by atoms with van der Waals surface area (Å²) in [6.07, 6.45) is -4.18. The van der Waals surface area contributed by atoms with Gasteiger partial charge in [0.15, 0.2) is 6.10 Å². The lowest BCUT2D eigenvalue weighted by atomic mass is 9.93. The van der Waals surface area contributed by atoms with Gasteiger partial charge in [-0.15, -0.1) is 0 Å². The van der Waals surface area contributed by atoms with Crippen LogP contribution in [0.5, 0.6) is 0 Å². The Morgan fingerprint density at radius 2 is 1.77 bits per heavy atom. The largest absolute Gasteiger partial charge is 0.414 e. The second-order valence-electron chi connectivity index (χ2n) is 3.30. The molecule has 0 heterocycles. The van der Waals surface area contributed by atoms with Crippen molar-refractivity contribution in [2.24, 2.45) is 5.92 Å². The number of rotatable bonds is 5. The fourth-order valence-electron chi connectivity index (χ4n) is 1.32. The highest BCUT2D eigenvalue weighted by Crippen LogP contribution is 2.29. The maximum Gasteiger partial charge on any atom is 0.414 e. The quantitative estimate of drug-likeness (QED) is 0.719. The third-order valence-corrected chi connectivity index (χ3v) is 2.23. The van der Waals surface area contributed by atoms with Gasteiger partial charge >= 0.3 is 6.18 Å². The van der Waals surface area contributed by atoms with E-state index >= 15 is 0 Å². The first-order chi connectivity index (χ1) is 5.93. The predicted octanol–water partition coefficient (Wildman–Crippen LogP) is 3.13. The van der Waals surface area contributed by atoms with Crippen LogP contribution in [-0.2, 0) is 0 Å². The lowest BCUT2D eigenvalue weighted by Crippen LogP contribution is -2.35. The van der Waals surface area contributed by atoms with Crippen molar-refractivity contribution in [3.8, 4) is 0 Å². The minimum Gasteiger partial charge on any atom is -0.383 e. The van der Waals surface area contributed by atoms with Crippen LogP contribution in [0.25, 0.3) is 0 Å². The molecule has 4 heteroatoms. The van der Waals surface area contributed by atoms with Crippen LogP contribution in [0.1, 0.15) is 39.5 Å². The van der Waals surface area contributed by atoms with Crippen molar-refractivity contribution >= 4 is 0 Å². The summed E-state index contributed by atoms with van der Waals surface area (Å²) in [5.74, 6) is -0.639. The van der Waals surface area contributed by atoms with Gasteiger partial charge in [0.1, 0.15) is 0 Å². The highest BCUT2D eigenvalue weighted by Gasteiger charge is 2.42. The summed E-state index contributed by atoms with van der Waals surface area (Å²) in [6.45, 7) is 3.60. The van der Waals surface area contributed by atoms with E-state index in [0.717, 1.165) is 12.8 Å². The van der Waals surface area contributed by atoms with Crippen molar-refractivity contribution in [1.82, 2.24) is 0 Å². The average Bonchev–Trinajstić information content (AvgIpc) is 2.04. The normalized spacial score (nSPS) is 17.1. The Morgan fingerprint density at radius 3 is 2.08 bits per heavy atom. The number of aliphatic hydroxyl groups excluding tert-OH is 1. The first kappa shape index (κ1) is 12.8. The molecule has 0 rings (SSSR count). The summed E-state index contributed by atoms with van der Waals surface area (Å²) >= 11 is 0. The molecule has 2 unspecified atom stereocenters. The molecule has 80 valence electrons. The Bertz CT molecular complexity index is 133. The molecule has 0 aromatic rings. The number of halogens is 3. The van der Waals surface area contributed by atoms with Gasteiger partial charge in [-0.3, -0.25) is 0 Å². The van der Waals surface area contributed by atoms with Crippen molar-refractivity contribution in [2.75, 3.05) is 0 Å². The van der Waals surface area contributed by atoms with Gasteiger partial charge in [0.25, 0.3) is 0 Å². The molecule has 0 spiro atoms. The summed E-state index contributed by atoms with van der Waals surface area (Å²) in [7, 11) is 0. The van der Waals surface area contributed by atoms with Gasteiger partial charge in [-0.1, -0.05) is 33.1 Å². The van der Waals surface area contributed by atoms with Crippen LogP contribution in [0.3, 0.4) is 0 Å². The molecule has 0 aliphatic carbocycles. The van der Waals surface area contributed by atoms with Gasteiger partial charge in [0, 0.05) is 0 Å². The van der Waals surface area contributed by atoms with Crippen molar-refractivity contribution in [3.63, 3.8) is 0 Å². The molecule has 2 atom stereocenters. The van der Waals surface area contributed by atoms with E-state index in [-0.39, 0.29) is 0 Å². The highest BCUT2D eigenvalue weighted by molar-refractivity contribution is 4.74. The monoisotopic (exact) mass is 198 g/mol. The molecule has 1 N–H and O–H groups in total. The van der Waals surface area contributed by atoms with Crippen LogP contribution < -0.4 is 0 Å². The van der Waals surface area contributed by atoms with E-state index in [1.165, 1.54) is 0 Å². The van der Waals surface area contributed by atoms with Crippen LogP contribution in [0.15, 0.2) is 0 Å². The summed E-state index contributed by atoms with van der Waals surface area (Å²) in [5, 5.41) is 8.95. The van der Waals surface area contributed by atoms with E-state index in [9.17, 15) is 13.2 Å². The molecule has 0 radical (unpaired) electrons. The molecule has 0 fully saturated rings.